The predicted molar refractivity (Wildman–Crippen MR) is 116 cm³/mol. The van der Waals surface area contributed by atoms with Gasteiger partial charge in [-0.15, -0.1) is 0 Å². The Morgan fingerprint density at radius 3 is 2.58 bits per heavy atom. The topological polar surface area (TPSA) is 108 Å². The number of rotatable bonds is 5. The molecule has 0 aliphatic carbocycles. The molecule has 1 unspecified atom stereocenters. The van der Waals surface area contributed by atoms with Gasteiger partial charge in [0.2, 0.25) is 5.91 Å². The molecule has 0 saturated carbocycles. The smallest absolute Gasteiger partial charge is 0.254 e. The van der Waals surface area contributed by atoms with E-state index in [1.807, 2.05) is 42.5 Å². The number of nitrogens with one attached hydrogen (secondary N) is 1. The van der Waals surface area contributed by atoms with Gasteiger partial charge in [-0.05, 0) is 41.2 Å². The van der Waals surface area contributed by atoms with E-state index in [0.717, 1.165) is 27.8 Å². The zero-order valence-corrected chi connectivity index (χ0v) is 17.6. The highest BCUT2D eigenvalue weighted by molar-refractivity contribution is 5.99. The highest BCUT2D eigenvalue weighted by Gasteiger charge is 2.36. The Labute approximate surface area is 181 Å². The molecule has 3 N–H and O–H groups in total. The van der Waals surface area contributed by atoms with Crippen LogP contribution in [0.4, 0.5) is 0 Å². The second-order valence-electron chi connectivity index (χ2n) is 8.36. The molecular formula is C24H26N4O3. The largest absolute Gasteiger partial charge is 0.381 e. The summed E-state index contributed by atoms with van der Waals surface area (Å²) >= 11 is 0. The van der Waals surface area contributed by atoms with Crippen LogP contribution in [0.2, 0.25) is 0 Å². The number of fused-ring (bicyclic) bond motifs is 1. The molecule has 7 heteroatoms. The number of nitriles is 1. The molecule has 1 fully saturated rings. The summed E-state index contributed by atoms with van der Waals surface area (Å²) in [6.45, 7) is 1.55. The van der Waals surface area contributed by atoms with E-state index < -0.39 is 11.6 Å². The van der Waals surface area contributed by atoms with Crippen molar-refractivity contribution in [3.05, 3.63) is 59.2 Å². The van der Waals surface area contributed by atoms with Gasteiger partial charge in [0.05, 0.1) is 11.6 Å². The Morgan fingerprint density at radius 1 is 1.23 bits per heavy atom. The maximum atomic E-state index is 12.6. The van der Waals surface area contributed by atoms with Crippen molar-refractivity contribution in [2.45, 2.75) is 37.4 Å². The molecule has 2 aromatic carbocycles. The molecule has 0 bridgehead atoms. The van der Waals surface area contributed by atoms with Crippen LogP contribution in [0.1, 0.15) is 34.3 Å². The fourth-order valence-electron chi connectivity index (χ4n) is 4.09. The van der Waals surface area contributed by atoms with Crippen molar-refractivity contribution in [3.63, 3.8) is 0 Å². The fraction of sp³-hybridized carbons (Fsp3) is 0.375. The van der Waals surface area contributed by atoms with Crippen LogP contribution in [0.15, 0.2) is 42.5 Å². The Hall–Kier alpha value is -3.21. The lowest BCUT2D eigenvalue weighted by atomic mass is 9.90. The van der Waals surface area contributed by atoms with E-state index in [1.54, 1.807) is 11.9 Å². The summed E-state index contributed by atoms with van der Waals surface area (Å²) in [5.74, 6) is -0.255. The quantitative estimate of drug-likeness (QED) is 0.772. The first kappa shape index (κ1) is 21.0. The van der Waals surface area contributed by atoms with Gasteiger partial charge in [0, 0.05) is 38.8 Å². The highest BCUT2D eigenvalue weighted by atomic mass is 16.5. The third kappa shape index (κ3) is 4.31. The van der Waals surface area contributed by atoms with Crippen LogP contribution >= 0.6 is 0 Å². The SMILES string of the molecule is CN1Cc2ccc(-c3ccc(CC(C#N)NC(=O)C4(N)CCOCC4)cc3)cc2C1=O. The monoisotopic (exact) mass is 418 g/mol. The number of carbonyl (C=O) groups is 2. The molecule has 0 radical (unpaired) electrons. The molecule has 0 spiro atoms. The van der Waals surface area contributed by atoms with Gasteiger partial charge in [-0.3, -0.25) is 9.59 Å². The minimum atomic E-state index is -0.976. The van der Waals surface area contributed by atoms with Gasteiger partial charge >= 0.3 is 0 Å². The van der Waals surface area contributed by atoms with E-state index in [1.165, 1.54) is 0 Å². The van der Waals surface area contributed by atoms with E-state index in [4.69, 9.17) is 10.5 Å². The summed E-state index contributed by atoms with van der Waals surface area (Å²) < 4.78 is 5.28. The maximum Gasteiger partial charge on any atom is 0.254 e. The second kappa shape index (κ2) is 8.50. The summed E-state index contributed by atoms with van der Waals surface area (Å²) in [7, 11) is 1.80. The molecule has 7 nitrogen and oxygen atoms in total. The number of hydrogen-bond acceptors (Lipinski definition) is 5. The van der Waals surface area contributed by atoms with Crippen LogP contribution < -0.4 is 11.1 Å². The first-order valence-corrected chi connectivity index (χ1v) is 10.4. The lowest BCUT2D eigenvalue weighted by molar-refractivity contribution is -0.130. The van der Waals surface area contributed by atoms with Gasteiger partial charge in [-0.2, -0.15) is 5.26 Å². The minimum absolute atomic E-state index is 0.0447. The zero-order valence-electron chi connectivity index (χ0n) is 17.6. The average Bonchev–Trinajstić information content (AvgIpc) is 3.07. The molecule has 0 aromatic heterocycles. The molecular weight excluding hydrogens is 392 g/mol. The normalized spacial score (nSPS) is 18.2. The third-order valence-electron chi connectivity index (χ3n) is 6.12. The Morgan fingerprint density at radius 2 is 1.90 bits per heavy atom. The number of amides is 2. The first-order valence-electron chi connectivity index (χ1n) is 10.4. The van der Waals surface area contributed by atoms with Crippen molar-refractivity contribution in [2.24, 2.45) is 5.73 Å². The van der Waals surface area contributed by atoms with Gasteiger partial charge in [-0.25, -0.2) is 0 Å². The molecule has 31 heavy (non-hydrogen) atoms. The van der Waals surface area contributed by atoms with Crippen LogP contribution in [0.3, 0.4) is 0 Å². The highest BCUT2D eigenvalue weighted by Crippen LogP contribution is 2.28. The second-order valence-corrected chi connectivity index (χ2v) is 8.36. The molecule has 1 atom stereocenters. The molecule has 160 valence electrons. The fourth-order valence-corrected chi connectivity index (χ4v) is 4.09. The summed E-state index contributed by atoms with van der Waals surface area (Å²) in [4.78, 5) is 26.6. The van der Waals surface area contributed by atoms with E-state index in [-0.39, 0.29) is 11.8 Å². The van der Waals surface area contributed by atoms with E-state index in [9.17, 15) is 14.9 Å². The number of hydrogen-bond donors (Lipinski definition) is 2. The molecule has 2 amide bonds. The number of benzene rings is 2. The van der Waals surface area contributed by atoms with Crippen molar-refractivity contribution >= 4 is 11.8 Å². The lowest BCUT2D eigenvalue weighted by Crippen LogP contribution is -2.58. The van der Waals surface area contributed by atoms with Crippen LogP contribution in [0.25, 0.3) is 11.1 Å². The van der Waals surface area contributed by atoms with Gasteiger partial charge < -0.3 is 20.7 Å². The maximum absolute atomic E-state index is 12.6. The van der Waals surface area contributed by atoms with Crippen molar-refractivity contribution in [3.8, 4) is 17.2 Å². The lowest BCUT2D eigenvalue weighted by Gasteiger charge is -2.32. The standard InChI is InChI=1S/C24H26N4O3/c1-28-15-19-7-6-18(13-21(19)22(28)29)17-4-2-16(3-5-17)12-20(14-25)27-23(30)24(26)8-10-31-11-9-24/h2-7,13,20H,8-12,15,26H2,1H3,(H,27,30). The Balaban J connectivity index is 1.43. The third-order valence-corrected chi connectivity index (χ3v) is 6.12. The first-order chi connectivity index (χ1) is 14.9. The predicted octanol–water partition coefficient (Wildman–Crippen LogP) is 2.00. The average molecular weight is 418 g/mol. The van der Waals surface area contributed by atoms with E-state index >= 15 is 0 Å². The van der Waals surface area contributed by atoms with Crippen LogP contribution in [0, 0.1) is 11.3 Å². The summed E-state index contributed by atoms with van der Waals surface area (Å²) in [6.07, 6.45) is 1.29. The number of nitrogens with zero attached hydrogens (tertiary/aromatic N) is 2. The number of ether oxygens (including phenoxy) is 1. The number of nitrogens with two attached hydrogens (primary N) is 1. The molecule has 2 heterocycles. The van der Waals surface area contributed by atoms with Crippen LogP contribution in [-0.2, 0) is 22.5 Å². The summed E-state index contributed by atoms with van der Waals surface area (Å²) in [5, 5.41) is 12.3. The van der Waals surface area contributed by atoms with Gasteiger partial charge in [0.15, 0.2) is 0 Å². The van der Waals surface area contributed by atoms with Crippen molar-refractivity contribution < 1.29 is 14.3 Å². The van der Waals surface area contributed by atoms with Crippen molar-refractivity contribution in [2.75, 3.05) is 20.3 Å². The Kier molecular flexibility index (Phi) is 5.77. The van der Waals surface area contributed by atoms with Gasteiger partial charge in [-0.1, -0.05) is 36.4 Å². The summed E-state index contributed by atoms with van der Waals surface area (Å²) in [6, 6.07) is 15.3. The molecule has 2 aliphatic rings. The Bertz CT molecular complexity index is 1040. The molecule has 4 rings (SSSR count). The van der Waals surface area contributed by atoms with Crippen LogP contribution in [0.5, 0.6) is 0 Å². The number of carbonyl (C=O) groups excluding carboxylic acids is 2. The van der Waals surface area contributed by atoms with E-state index in [0.29, 0.717) is 39.0 Å². The summed E-state index contributed by atoms with van der Waals surface area (Å²) in [5.41, 5.74) is 9.94. The zero-order chi connectivity index (χ0) is 22.0. The minimum Gasteiger partial charge on any atom is -0.381 e. The molecule has 2 aliphatic heterocycles. The van der Waals surface area contributed by atoms with Crippen molar-refractivity contribution in [1.82, 2.24) is 10.2 Å². The van der Waals surface area contributed by atoms with Gasteiger partial charge in [0.25, 0.3) is 5.91 Å². The van der Waals surface area contributed by atoms with Crippen molar-refractivity contribution in [1.29, 1.82) is 5.26 Å². The van der Waals surface area contributed by atoms with Crippen LogP contribution in [-0.4, -0.2) is 48.6 Å². The van der Waals surface area contributed by atoms with Gasteiger partial charge in [0.1, 0.15) is 6.04 Å². The molecule has 1 saturated heterocycles. The molecule has 2 aromatic rings. The van der Waals surface area contributed by atoms with E-state index in [2.05, 4.69) is 11.4 Å².